The lowest BCUT2D eigenvalue weighted by atomic mass is 9.83. The van der Waals surface area contributed by atoms with Gasteiger partial charge < -0.3 is 51.0 Å². The third-order valence-corrected chi connectivity index (χ3v) is 11.7. The number of likely N-dealkylation sites (tertiary alicyclic amines) is 2. The number of halogens is 3. The maximum Gasteiger partial charge on any atom is 0.573 e. The number of aromatic nitrogens is 3. The fourth-order valence-corrected chi connectivity index (χ4v) is 8.53. The van der Waals surface area contributed by atoms with Gasteiger partial charge in [0.25, 0.3) is 0 Å². The number of carbonyl (C=O) groups is 4. The van der Waals surface area contributed by atoms with Crippen LogP contribution < -0.4 is 31.7 Å². The highest BCUT2D eigenvalue weighted by Crippen LogP contribution is 2.31. The Hall–Kier alpha value is -5.05. The van der Waals surface area contributed by atoms with E-state index in [1.54, 1.807) is 23.8 Å². The number of imidazole rings is 1. The second-order valence-electron chi connectivity index (χ2n) is 16.2. The standard InChI is InChI=1S/C42H59F3N10O7/c1-47-26-38(57)51-39(29-6-3-2-4-7-29)41(59)54-27-31(23-33(54)40(46)58)50-37(56)14-18-60-20-21-61-19-17-53-15-12-28(13-16-53)24-48-35-10-11-36-49-25-34(55(36)52-35)30-8-5-9-32(22-30)62-42(43,44)45/h5,8-11,22,25,28-29,31,33,39,47H,2-4,6-7,12-21,23-24,26-27H2,1H3,(H2,46,58)(H,48,52)(H,50,56)(H,51,57). The number of ether oxygens (including phenoxy) is 3. The molecule has 3 unspecified atom stereocenters. The zero-order valence-electron chi connectivity index (χ0n) is 35.2. The molecule has 20 heteroatoms. The fourth-order valence-electron chi connectivity index (χ4n) is 8.53. The van der Waals surface area contributed by atoms with Gasteiger partial charge in [0.1, 0.15) is 23.7 Å². The van der Waals surface area contributed by atoms with Crippen LogP contribution in [0.4, 0.5) is 19.0 Å². The van der Waals surface area contributed by atoms with Crippen LogP contribution in [0.3, 0.4) is 0 Å². The molecule has 3 aliphatic rings. The summed E-state index contributed by atoms with van der Waals surface area (Å²) in [4.78, 5) is 59.7. The SMILES string of the molecule is CNCC(=O)NC(C(=O)N1CC(NC(=O)CCOCCOCCN2CCC(CNc3ccc4ncc(-c5cccc(OC(F)(F)F)c5)n4n3)CC2)CC1C(N)=O)C1CCCCC1. The molecule has 0 bridgehead atoms. The van der Waals surface area contributed by atoms with Gasteiger partial charge >= 0.3 is 6.36 Å². The highest BCUT2D eigenvalue weighted by Gasteiger charge is 2.43. The third-order valence-electron chi connectivity index (χ3n) is 11.7. The number of anilines is 1. The van der Waals surface area contributed by atoms with Crippen LogP contribution in [0.25, 0.3) is 16.9 Å². The zero-order chi connectivity index (χ0) is 44.1. The minimum atomic E-state index is -4.79. The van der Waals surface area contributed by atoms with E-state index in [0.29, 0.717) is 48.5 Å². The maximum absolute atomic E-state index is 13.8. The fraction of sp³-hybridized carbons (Fsp3) is 0.619. The first-order valence-electron chi connectivity index (χ1n) is 21.5. The van der Waals surface area contributed by atoms with Crippen molar-refractivity contribution in [3.05, 3.63) is 42.6 Å². The molecule has 3 aromatic rings. The summed E-state index contributed by atoms with van der Waals surface area (Å²) >= 11 is 0. The van der Waals surface area contributed by atoms with Crippen LogP contribution in [0, 0.1) is 11.8 Å². The van der Waals surface area contributed by atoms with E-state index < -0.39 is 30.4 Å². The van der Waals surface area contributed by atoms with Crippen molar-refractivity contribution < 1.29 is 46.6 Å². The van der Waals surface area contributed by atoms with Gasteiger partial charge in [-0.05, 0) is 88.3 Å². The molecular weight excluding hydrogens is 814 g/mol. The van der Waals surface area contributed by atoms with Gasteiger partial charge in [-0.25, -0.2) is 9.50 Å². The molecule has 2 aliphatic heterocycles. The summed E-state index contributed by atoms with van der Waals surface area (Å²) in [7, 11) is 1.66. The number of amides is 4. The van der Waals surface area contributed by atoms with E-state index in [2.05, 4.69) is 41.0 Å². The first kappa shape index (κ1) is 46.5. The van der Waals surface area contributed by atoms with Crippen molar-refractivity contribution in [2.24, 2.45) is 17.6 Å². The Bertz CT molecular complexity index is 1950. The van der Waals surface area contributed by atoms with Crippen LogP contribution in [0.2, 0.25) is 0 Å². The Morgan fingerprint density at radius 1 is 0.952 bits per heavy atom. The Morgan fingerprint density at radius 3 is 2.44 bits per heavy atom. The van der Waals surface area contributed by atoms with E-state index in [1.165, 1.54) is 23.1 Å². The molecule has 4 heterocycles. The molecule has 3 atom stereocenters. The predicted molar refractivity (Wildman–Crippen MR) is 223 cm³/mol. The largest absolute Gasteiger partial charge is 0.573 e. The van der Waals surface area contributed by atoms with Crippen LogP contribution in [0.1, 0.15) is 57.8 Å². The lowest BCUT2D eigenvalue weighted by molar-refractivity contribution is -0.274. The molecule has 3 fully saturated rings. The molecule has 4 amide bonds. The number of hydrogen-bond donors (Lipinski definition) is 5. The number of carbonyl (C=O) groups excluding carboxylic acids is 4. The number of alkyl halides is 3. The topological polar surface area (TPSA) is 207 Å². The molecule has 2 saturated heterocycles. The third kappa shape index (κ3) is 13.5. The number of fused-ring (bicyclic) bond motifs is 1. The second kappa shape index (κ2) is 22.3. The second-order valence-corrected chi connectivity index (χ2v) is 16.2. The van der Waals surface area contributed by atoms with Crippen molar-refractivity contribution in [1.82, 2.24) is 40.3 Å². The monoisotopic (exact) mass is 872 g/mol. The molecule has 1 saturated carbocycles. The minimum Gasteiger partial charge on any atom is -0.406 e. The van der Waals surface area contributed by atoms with Crippen LogP contribution in [-0.4, -0.2) is 145 Å². The molecule has 62 heavy (non-hydrogen) atoms. The van der Waals surface area contributed by atoms with E-state index in [0.717, 1.165) is 71.1 Å². The van der Waals surface area contributed by atoms with Gasteiger partial charge in [0, 0.05) is 37.7 Å². The van der Waals surface area contributed by atoms with Gasteiger partial charge in [-0.1, -0.05) is 31.4 Å². The summed E-state index contributed by atoms with van der Waals surface area (Å²) in [6, 6.07) is 7.28. The molecule has 6 N–H and O–H groups in total. The van der Waals surface area contributed by atoms with Crippen molar-refractivity contribution in [1.29, 1.82) is 0 Å². The molecule has 0 spiro atoms. The maximum atomic E-state index is 13.8. The Balaban J connectivity index is 0.834. The Labute approximate surface area is 358 Å². The zero-order valence-corrected chi connectivity index (χ0v) is 35.2. The molecular formula is C42H59F3N10O7. The molecule has 0 radical (unpaired) electrons. The van der Waals surface area contributed by atoms with Crippen LogP contribution in [-0.2, 0) is 28.7 Å². The number of rotatable bonds is 21. The van der Waals surface area contributed by atoms with Gasteiger partial charge in [-0.2, -0.15) is 0 Å². The van der Waals surface area contributed by atoms with Gasteiger partial charge in [0.05, 0.1) is 44.9 Å². The molecule has 1 aliphatic carbocycles. The summed E-state index contributed by atoms with van der Waals surface area (Å²) < 4.78 is 55.4. The highest BCUT2D eigenvalue weighted by atomic mass is 19.4. The Kier molecular flexibility index (Phi) is 16.7. The van der Waals surface area contributed by atoms with Crippen LogP contribution in [0.5, 0.6) is 5.75 Å². The van der Waals surface area contributed by atoms with E-state index in [-0.39, 0.29) is 61.9 Å². The summed E-state index contributed by atoms with van der Waals surface area (Å²) in [5, 5.41) is 16.7. The summed E-state index contributed by atoms with van der Waals surface area (Å²) in [5.41, 5.74) is 7.31. The number of hydrogen-bond acceptors (Lipinski definition) is 12. The van der Waals surface area contributed by atoms with Crippen LogP contribution in [0.15, 0.2) is 42.6 Å². The number of nitrogens with zero attached hydrogens (tertiary/aromatic N) is 5. The van der Waals surface area contributed by atoms with Crippen molar-refractivity contribution in [2.75, 3.05) is 78.1 Å². The van der Waals surface area contributed by atoms with Crippen molar-refractivity contribution in [3.8, 4) is 17.0 Å². The lowest BCUT2D eigenvalue weighted by Gasteiger charge is -2.34. The minimum absolute atomic E-state index is 0.0299. The number of nitrogens with two attached hydrogens (primary N) is 1. The summed E-state index contributed by atoms with van der Waals surface area (Å²) in [6.07, 6.45) is 3.73. The highest BCUT2D eigenvalue weighted by molar-refractivity contribution is 5.93. The lowest BCUT2D eigenvalue weighted by Crippen LogP contribution is -2.56. The predicted octanol–water partition coefficient (Wildman–Crippen LogP) is 2.70. The molecule has 6 rings (SSSR count). The van der Waals surface area contributed by atoms with Crippen LogP contribution >= 0.6 is 0 Å². The van der Waals surface area contributed by atoms with E-state index in [9.17, 15) is 32.3 Å². The van der Waals surface area contributed by atoms with E-state index >= 15 is 0 Å². The average molecular weight is 873 g/mol. The number of nitrogens with one attached hydrogen (secondary N) is 4. The quantitative estimate of drug-likeness (QED) is 0.0981. The van der Waals surface area contributed by atoms with Gasteiger partial charge in [0.2, 0.25) is 23.6 Å². The van der Waals surface area contributed by atoms with Crippen molar-refractivity contribution in [2.45, 2.75) is 82.3 Å². The smallest absolute Gasteiger partial charge is 0.406 e. The number of likely N-dealkylation sites (N-methyl/N-ethyl adjacent to an activating group) is 1. The van der Waals surface area contributed by atoms with Crippen molar-refractivity contribution in [3.63, 3.8) is 0 Å². The molecule has 1 aromatic carbocycles. The average Bonchev–Trinajstić information content (AvgIpc) is 3.88. The number of primary amides is 1. The van der Waals surface area contributed by atoms with E-state index in [1.807, 2.05) is 12.1 Å². The van der Waals surface area contributed by atoms with Gasteiger partial charge in [-0.3, -0.25) is 19.2 Å². The van der Waals surface area contributed by atoms with E-state index in [4.69, 9.17) is 15.2 Å². The molecule has 340 valence electrons. The Morgan fingerprint density at radius 2 is 1.71 bits per heavy atom. The normalized spacial score (nSPS) is 19.6. The van der Waals surface area contributed by atoms with Crippen molar-refractivity contribution >= 4 is 35.1 Å². The molecule has 17 nitrogen and oxygen atoms in total. The summed E-state index contributed by atoms with van der Waals surface area (Å²) in [5.74, 6) is -0.806. The first-order valence-corrected chi connectivity index (χ1v) is 21.5. The molecule has 2 aromatic heterocycles. The number of piperidine rings is 1. The van der Waals surface area contributed by atoms with Gasteiger partial charge in [-0.15, -0.1) is 18.3 Å². The van der Waals surface area contributed by atoms with Gasteiger partial charge in [0.15, 0.2) is 5.65 Å². The first-order chi connectivity index (χ1) is 29.9. The number of benzene rings is 1. The summed E-state index contributed by atoms with van der Waals surface area (Å²) in [6.45, 7) is 5.02.